The highest BCUT2D eigenvalue weighted by molar-refractivity contribution is 5.95. The van der Waals surface area contributed by atoms with Crippen molar-refractivity contribution in [2.45, 2.75) is 0 Å². The van der Waals surface area contributed by atoms with Gasteiger partial charge in [-0.15, -0.1) is 0 Å². The number of hydrogen-bond donors (Lipinski definition) is 1. The van der Waals surface area contributed by atoms with E-state index in [1.54, 1.807) is 30.3 Å². The molecule has 2 amide bonds. The second kappa shape index (κ2) is 7.14. The maximum atomic E-state index is 12.8. The smallest absolute Gasteiger partial charge is 0.254 e. The van der Waals surface area contributed by atoms with Crippen LogP contribution in [0.3, 0.4) is 0 Å². The molecule has 27 heavy (non-hydrogen) atoms. The Morgan fingerprint density at radius 2 is 1.63 bits per heavy atom. The number of fused-ring (bicyclic) bond motifs is 1. The number of aromatic nitrogens is 1. The van der Waals surface area contributed by atoms with Crippen LogP contribution in [0.1, 0.15) is 20.7 Å². The van der Waals surface area contributed by atoms with Crippen LogP contribution in [-0.4, -0.2) is 61.1 Å². The molecule has 140 valence electrons. The third kappa shape index (κ3) is 3.51. The molecule has 1 saturated heterocycles. The first kappa shape index (κ1) is 17.1. The molecule has 1 fully saturated rings. The fraction of sp³-hybridized carbons (Fsp3) is 0.316. The van der Waals surface area contributed by atoms with Gasteiger partial charge >= 0.3 is 0 Å². The lowest BCUT2D eigenvalue weighted by atomic mass is 10.1. The maximum Gasteiger partial charge on any atom is 0.254 e. The third-order valence-electron chi connectivity index (χ3n) is 4.71. The van der Waals surface area contributed by atoms with E-state index in [4.69, 9.17) is 15.2 Å². The van der Waals surface area contributed by atoms with Crippen molar-refractivity contribution < 1.29 is 19.1 Å². The Hall–Kier alpha value is -3.29. The van der Waals surface area contributed by atoms with Gasteiger partial charge in [-0.2, -0.15) is 0 Å². The van der Waals surface area contributed by atoms with E-state index in [1.165, 1.54) is 6.20 Å². The number of nitrogens with zero attached hydrogens (tertiary/aromatic N) is 3. The Morgan fingerprint density at radius 1 is 0.926 bits per heavy atom. The van der Waals surface area contributed by atoms with Crippen molar-refractivity contribution in [2.24, 2.45) is 5.73 Å². The average molecular weight is 368 g/mol. The quantitative estimate of drug-likeness (QED) is 0.865. The second-order valence-electron chi connectivity index (χ2n) is 6.41. The monoisotopic (exact) mass is 368 g/mol. The Balaban J connectivity index is 1.40. The molecule has 2 aliphatic heterocycles. The molecule has 0 aliphatic carbocycles. The van der Waals surface area contributed by atoms with Gasteiger partial charge in [0, 0.05) is 37.9 Å². The van der Waals surface area contributed by atoms with Crippen LogP contribution in [0.4, 0.5) is 5.82 Å². The lowest BCUT2D eigenvalue weighted by Crippen LogP contribution is -2.49. The van der Waals surface area contributed by atoms with Crippen LogP contribution in [0.25, 0.3) is 0 Å². The highest BCUT2D eigenvalue weighted by Crippen LogP contribution is 2.31. The van der Waals surface area contributed by atoms with Gasteiger partial charge in [0.2, 0.25) is 5.91 Å². The number of hydrogen-bond acceptors (Lipinski definition) is 6. The lowest BCUT2D eigenvalue weighted by molar-refractivity contribution is 0.0745. The van der Waals surface area contributed by atoms with E-state index in [9.17, 15) is 9.59 Å². The van der Waals surface area contributed by atoms with E-state index < -0.39 is 5.91 Å². The first-order valence-corrected chi connectivity index (χ1v) is 8.81. The molecule has 1 aromatic carbocycles. The first-order valence-electron chi connectivity index (χ1n) is 8.81. The minimum Gasteiger partial charge on any atom is -0.486 e. The number of primary amides is 1. The number of amides is 2. The summed E-state index contributed by atoms with van der Waals surface area (Å²) in [6.07, 6.45) is 1.48. The van der Waals surface area contributed by atoms with E-state index in [0.29, 0.717) is 62.0 Å². The number of benzene rings is 1. The van der Waals surface area contributed by atoms with Crippen LogP contribution in [0.15, 0.2) is 36.5 Å². The number of ether oxygens (including phenoxy) is 2. The zero-order valence-corrected chi connectivity index (χ0v) is 14.8. The van der Waals surface area contributed by atoms with Crippen molar-refractivity contribution in [3.05, 3.63) is 47.7 Å². The molecule has 4 rings (SSSR count). The number of piperazine rings is 1. The normalized spacial score (nSPS) is 16.1. The molecule has 8 nitrogen and oxygen atoms in total. The molecular weight excluding hydrogens is 348 g/mol. The summed E-state index contributed by atoms with van der Waals surface area (Å²) in [7, 11) is 0. The van der Waals surface area contributed by atoms with E-state index in [2.05, 4.69) is 9.88 Å². The molecule has 3 heterocycles. The summed E-state index contributed by atoms with van der Waals surface area (Å²) < 4.78 is 11.1. The van der Waals surface area contributed by atoms with Crippen molar-refractivity contribution >= 4 is 17.6 Å². The van der Waals surface area contributed by atoms with Gasteiger partial charge in [-0.05, 0) is 30.3 Å². The Bertz CT molecular complexity index is 861. The summed E-state index contributed by atoms with van der Waals surface area (Å²) in [5, 5.41) is 0. The van der Waals surface area contributed by atoms with Crippen molar-refractivity contribution in [3.63, 3.8) is 0 Å². The van der Waals surface area contributed by atoms with Crippen LogP contribution in [0.2, 0.25) is 0 Å². The van der Waals surface area contributed by atoms with E-state index in [-0.39, 0.29) is 5.91 Å². The SMILES string of the molecule is NC(=O)c1ccc(N2CCN(C(=O)c3ccc4c(c3)OCCO4)CC2)nc1. The average Bonchev–Trinajstić information content (AvgIpc) is 2.73. The van der Waals surface area contributed by atoms with E-state index in [1.807, 2.05) is 4.90 Å². The predicted octanol–water partition coefficient (Wildman–Crippen LogP) is 0.914. The number of pyridine rings is 1. The number of carbonyl (C=O) groups excluding carboxylic acids is 2. The van der Waals surface area contributed by atoms with Crippen molar-refractivity contribution in [2.75, 3.05) is 44.3 Å². The fourth-order valence-corrected chi connectivity index (χ4v) is 3.22. The molecule has 0 spiro atoms. The number of carbonyl (C=O) groups is 2. The minimum atomic E-state index is -0.496. The zero-order valence-electron chi connectivity index (χ0n) is 14.8. The molecule has 2 aliphatic rings. The Labute approximate surface area is 156 Å². The highest BCUT2D eigenvalue weighted by atomic mass is 16.6. The molecular formula is C19H20N4O4. The Kier molecular flexibility index (Phi) is 4.53. The van der Waals surface area contributed by atoms with E-state index >= 15 is 0 Å². The third-order valence-corrected chi connectivity index (χ3v) is 4.71. The molecule has 8 heteroatoms. The van der Waals surface area contributed by atoms with Crippen molar-refractivity contribution in [3.8, 4) is 11.5 Å². The number of rotatable bonds is 3. The van der Waals surface area contributed by atoms with Gasteiger partial charge in [0.25, 0.3) is 5.91 Å². The fourth-order valence-electron chi connectivity index (χ4n) is 3.22. The molecule has 1 aromatic heterocycles. The Morgan fingerprint density at radius 3 is 2.30 bits per heavy atom. The zero-order chi connectivity index (χ0) is 18.8. The van der Waals surface area contributed by atoms with Gasteiger partial charge in [-0.3, -0.25) is 9.59 Å². The van der Waals surface area contributed by atoms with Gasteiger partial charge in [0.1, 0.15) is 19.0 Å². The summed E-state index contributed by atoms with van der Waals surface area (Å²) >= 11 is 0. The topological polar surface area (TPSA) is 98.0 Å². The first-order chi connectivity index (χ1) is 13.1. The van der Waals surface area contributed by atoms with Gasteiger partial charge < -0.3 is 25.0 Å². The maximum absolute atomic E-state index is 12.8. The summed E-state index contributed by atoms with van der Waals surface area (Å²) in [4.78, 5) is 32.1. The molecule has 0 radical (unpaired) electrons. The van der Waals surface area contributed by atoms with Crippen LogP contribution in [0.5, 0.6) is 11.5 Å². The standard InChI is InChI=1S/C19H20N4O4/c20-18(24)14-2-4-17(21-12-14)22-5-7-23(8-6-22)19(25)13-1-3-15-16(11-13)27-10-9-26-15/h1-4,11-12H,5-10H2,(H2,20,24). The number of nitrogens with two attached hydrogens (primary N) is 1. The summed E-state index contributed by atoms with van der Waals surface area (Å²) in [5.74, 6) is 1.54. The van der Waals surface area contributed by atoms with Gasteiger partial charge in [-0.1, -0.05) is 0 Å². The van der Waals surface area contributed by atoms with Crippen LogP contribution >= 0.6 is 0 Å². The molecule has 0 atom stereocenters. The lowest BCUT2D eigenvalue weighted by Gasteiger charge is -2.35. The summed E-state index contributed by atoms with van der Waals surface area (Å²) in [6.45, 7) is 3.53. The van der Waals surface area contributed by atoms with Crippen molar-refractivity contribution in [1.29, 1.82) is 0 Å². The predicted molar refractivity (Wildman–Crippen MR) is 98.3 cm³/mol. The minimum absolute atomic E-state index is 0.0244. The summed E-state index contributed by atoms with van der Waals surface area (Å²) in [6, 6.07) is 8.73. The van der Waals surface area contributed by atoms with Gasteiger partial charge in [-0.25, -0.2) is 4.98 Å². The highest BCUT2D eigenvalue weighted by Gasteiger charge is 2.24. The van der Waals surface area contributed by atoms with Crippen LogP contribution in [-0.2, 0) is 0 Å². The second-order valence-corrected chi connectivity index (χ2v) is 6.41. The molecule has 2 aromatic rings. The molecule has 0 bridgehead atoms. The largest absolute Gasteiger partial charge is 0.486 e. The van der Waals surface area contributed by atoms with Gasteiger partial charge in [0.15, 0.2) is 11.5 Å². The molecule has 0 unspecified atom stereocenters. The number of anilines is 1. The van der Waals surface area contributed by atoms with Crippen molar-refractivity contribution in [1.82, 2.24) is 9.88 Å². The van der Waals surface area contributed by atoms with Gasteiger partial charge in [0.05, 0.1) is 5.56 Å². The summed E-state index contributed by atoms with van der Waals surface area (Å²) in [5.41, 5.74) is 6.21. The van der Waals surface area contributed by atoms with E-state index in [0.717, 1.165) is 5.82 Å². The molecule has 0 saturated carbocycles. The van der Waals surface area contributed by atoms with Crippen LogP contribution in [0, 0.1) is 0 Å². The molecule has 2 N–H and O–H groups in total. The van der Waals surface area contributed by atoms with Crippen LogP contribution < -0.4 is 20.1 Å².